The van der Waals surface area contributed by atoms with E-state index in [1.54, 1.807) is 18.2 Å². The Morgan fingerprint density at radius 2 is 1.73 bits per heavy atom. The van der Waals surface area contributed by atoms with Crippen LogP contribution in [0.3, 0.4) is 0 Å². The lowest BCUT2D eigenvalue weighted by molar-refractivity contribution is -0.157. The summed E-state index contributed by atoms with van der Waals surface area (Å²) in [7, 11) is 0. The largest absolute Gasteiger partial charge is 0.493 e. The number of esters is 1. The summed E-state index contributed by atoms with van der Waals surface area (Å²) in [6, 6.07) is 11.4. The van der Waals surface area contributed by atoms with Crippen molar-refractivity contribution in [2.45, 2.75) is 83.8 Å². The van der Waals surface area contributed by atoms with Crippen molar-refractivity contribution in [3.63, 3.8) is 0 Å². The maximum Gasteiger partial charge on any atom is 0.420 e. The molecule has 3 aromatic rings. The summed E-state index contributed by atoms with van der Waals surface area (Å²) in [5.41, 5.74) is 3.38. The molecule has 1 saturated heterocycles. The van der Waals surface area contributed by atoms with Crippen LogP contribution in [0.5, 0.6) is 5.75 Å². The van der Waals surface area contributed by atoms with E-state index in [2.05, 4.69) is 15.2 Å². The van der Waals surface area contributed by atoms with Crippen molar-refractivity contribution in [1.29, 1.82) is 0 Å². The minimum atomic E-state index is -4.62. The molecule has 5 rings (SSSR count). The summed E-state index contributed by atoms with van der Waals surface area (Å²) in [6.07, 6.45) is -2.41. The number of alkyl halides is 3. The number of carbonyl (C=O) groups excluding carboxylic acids is 1. The van der Waals surface area contributed by atoms with Crippen LogP contribution in [0.2, 0.25) is 0 Å². The number of hydrogen-bond acceptors (Lipinski definition) is 6. The number of piperidine rings is 1. The van der Waals surface area contributed by atoms with Crippen molar-refractivity contribution >= 4 is 5.97 Å². The molecule has 0 saturated carbocycles. The molecule has 3 heterocycles. The third-order valence-electron chi connectivity index (χ3n) is 8.29. The number of carbonyl (C=O) groups is 1. The molecule has 1 fully saturated rings. The number of rotatable bonds is 8. The molecule has 1 unspecified atom stereocenters. The van der Waals surface area contributed by atoms with E-state index in [0.717, 1.165) is 35.6 Å². The highest BCUT2D eigenvalue weighted by atomic mass is 19.4. The van der Waals surface area contributed by atoms with E-state index in [9.17, 15) is 23.1 Å². The Kier molecular flexibility index (Phi) is 9.44. The van der Waals surface area contributed by atoms with E-state index in [1.807, 2.05) is 39.8 Å². The summed E-state index contributed by atoms with van der Waals surface area (Å²) < 4.78 is 55.1. The van der Waals surface area contributed by atoms with Crippen LogP contribution in [-0.2, 0) is 28.7 Å². The Bertz CT molecular complexity index is 1470. The molecular weight excluding hydrogens is 571 g/mol. The number of benzene rings is 2. The number of aromatic amines is 1. The van der Waals surface area contributed by atoms with Gasteiger partial charge < -0.3 is 24.5 Å². The number of nitrogens with one attached hydrogen (secondary N) is 2. The summed E-state index contributed by atoms with van der Waals surface area (Å²) in [4.78, 5) is 18.3. The van der Waals surface area contributed by atoms with Gasteiger partial charge in [-0.15, -0.1) is 0 Å². The Hall–Kier alpha value is -3.34. The van der Waals surface area contributed by atoms with Crippen LogP contribution >= 0.6 is 0 Å². The lowest BCUT2D eigenvalue weighted by Gasteiger charge is -2.29. The predicted molar refractivity (Wildman–Crippen MR) is 163 cm³/mol. The Morgan fingerprint density at radius 3 is 2.43 bits per heavy atom. The van der Waals surface area contributed by atoms with Crippen LogP contribution < -0.4 is 10.1 Å². The fraction of sp³-hybridized carbons (Fsp3) is 0.500. The molecule has 1 aromatic heterocycles. The van der Waals surface area contributed by atoms with Gasteiger partial charge >= 0.3 is 12.1 Å². The van der Waals surface area contributed by atoms with Gasteiger partial charge in [-0.1, -0.05) is 30.3 Å². The molecular formula is C34H42F3N3O4. The van der Waals surface area contributed by atoms with Crippen LogP contribution in [0.25, 0.3) is 22.4 Å². The summed E-state index contributed by atoms with van der Waals surface area (Å²) in [5, 5.41) is 12.9. The first-order valence-corrected chi connectivity index (χ1v) is 15.3. The SMILES string of the molecule is Cc1c(-c2cc3c([nH]2)CNC(C(=O)OC(C)(C)C)C3)cccc1-c1cccc(OCCCN2CCC(O)CC2)c1C(F)(F)F. The molecule has 1 atom stereocenters. The second-order valence-electron chi connectivity index (χ2n) is 12.8. The van der Waals surface area contributed by atoms with Gasteiger partial charge in [-0.25, -0.2) is 0 Å². The molecule has 0 spiro atoms. The van der Waals surface area contributed by atoms with Crippen molar-refractivity contribution in [3.8, 4) is 28.1 Å². The van der Waals surface area contributed by atoms with Crippen molar-refractivity contribution < 1.29 is 32.5 Å². The average molecular weight is 614 g/mol. The van der Waals surface area contributed by atoms with Crippen LogP contribution in [0.1, 0.15) is 62.4 Å². The number of ether oxygens (including phenoxy) is 2. The zero-order chi connectivity index (χ0) is 31.6. The van der Waals surface area contributed by atoms with E-state index < -0.39 is 23.4 Å². The van der Waals surface area contributed by atoms with Gasteiger partial charge in [0.2, 0.25) is 0 Å². The van der Waals surface area contributed by atoms with E-state index in [0.29, 0.717) is 49.9 Å². The fourth-order valence-corrected chi connectivity index (χ4v) is 6.08. The number of likely N-dealkylation sites (tertiary alicyclic amines) is 1. The number of fused-ring (bicyclic) bond motifs is 1. The molecule has 3 N–H and O–H groups in total. The van der Waals surface area contributed by atoms with Crippen LogP contribution in [0.15, 0.2) is 42.5 Å². The van der Waals surface area contributed by atoms with Crippen molar-refractivity contribution in [3.05, 3.63) is 64.8 Å². The average Bonchev–Trinajstić information content (AvgIpc) is 3.38. The number of halogens is 3. The smallest absolute Gasteiger partial charge is 0.420 e. The van der Waals surface area contributed by atoms with E-state index in [-0.39, 0.29) is 30.0 Å². The highest BCUT2D eigenvalue weighted by Crippen LogP contribution is 2.45. The van der Waals surface area contributed by atoms with Gasteiger partial charge in [-0.3, -0.25) is 10.1 Å². The number of aliphatic hydroxyl groups is 1. The third kappa shape index (κ3) is 7.47. The zero-order valence-electron chi connectivity index (χ0n) is 25.8. The predicted octanol–water partition coefficient (Wildman–Crippen LogP) is 6.26. The Balaban J connectivity index is 1.37. The monoisotopic (exact) mass is 613 g/mol. The zero-order valence-corrected chi connectivity index (χ0v) is 25.8. The molecule has 238 valence electrons. The summed E-state index contributed by atoms with van der Waals surface area (Å²) in [6.45, 7) is 10.2. The van der Waals surface area contributed by atoms with Gasteiger partial charge in [0.25, 0.3) is 0 Å². The number of H-pyrrole nitrogens is 1. The highest BCUT2D eigenvalue weighted by molar-refractivity contribution is 5.81. The molecule has 2 aromatic carbocycles. The third-order valence-corrected chi connectivity index (χ3v) is 8.29. The standard InChI is InChI=1S/C34H42F3N3O4/c1-21-24(8-5-9-25(21)27-18-22-19-28(38-20-29(22)39-27)32(42)44-33(2,3)4)26-10-6-11-30(31(26)34(35,36)37)43-17-7-14-40-15-12-23(41)13-16-40/h5-6,8-11,18,23,28,38-39,41H,7,12-17,19-20H2,1-4H3. The number of aliphatic hydroxyl groups excluding tert-OH is 1. The van der Waals surface area contributed by atoms with Crippen LogP contribution in [0.4, 0.5) is 13.2 Å². The molecule has 0 amide bonds. The molecule has 7 nitrogen and oxygen atoms in total. The Labute approximate surface area is 256 Å². The van der Waals surface area contributed by atoms with E-state index in [1.165, 1.54) is 12.1 Å². The Morgan fingerprint density at radius 1 is 1.05 bits per heavy atom. The lowest BCUT2D eigenvalue weighted by atomic mass is 9.91. The summed E-state index contributed by atoms with van der Waals surface area (Å²) >= 11 is 0. The van der Waals surface area contributed by atoms with Gasteiger partial charge in [0.1, 0.15) is 23.0 Å². The number of nitrogens with zero attached hydrogens (tertiary/aromatic N) is 1. The minimum Gasteiger partial charge on any atom is -0.493 e. The molecule has 2 aliphatic rings. The second kappa shape index (κ2) is 12.9. The summed E-state index contributed by atoms with van der Waals surface area (Å²) in [5.74, 6) is -0.486. The molecule has 0 bridgehead atoms. The molecule has 0 radical (unpaired) electrons. The topological polar surface area (TPSA) is 86.8 Å². The van der Waals surface area contributed by atoms with Gasteiger partial charge in [0.15, 0.2) is 0 Å². The van der Waals surface area contributed by atoms with Gasteiger partial charge in [-0.2, -0.15) is 13.2 Å². The van der Waals surface area contributed by atoms with Crippen molar-refractivity contribution in [2.24, 2.45) is 0 Å². The van der Waals surface area contributed by atoms with Gasteiger partial charge in [-0.05, 0) is 81.3 Å². The number of hydrogen-bond donors (Lipinski definition) is 3. The van der Waals surface area contributed by atoms with E-state index >= 15 is 0 Å². The van der Waals surface area contributed by atoms with Crippen LogP contribution in [-0.4, -0.2) is 64.9 Å². The number of aromatic nitrogens is 1. The fourth-order valence-electron chi connectivity index (χ4n) is 6.08. The molecule has 10 heteroatoms. The normalized spacial score (nSPS) is 18.2. The van der Waals surface area contributed by atoms with Crippen LogP contribution in [0, 0.1) is 6.92 Å². The highest BCUT2D eigenvalue weighted by Gasteiger charge is 2.38. The first-order valence-electron chi connectivity index (χ1n) is 15.3. The van der Waals surface area contributed by atoms with Crippen molar-refractivity contribution in [1.82, 2.24) is 15.2 Å². The first kappa shape index (κ1) is 32.1. The molecule has 2 aliphatic heterocycles. The second-order valence-corrected chi connectivity index (χ2v) is 12.8. The molecule has 0 aliphatic carbocycles. The van der Waals surface area contributed by atoms with Gasteiger partial charge in [0.05, 0.1) is 12.7 Å². The van der Waals surface area contributed by atoms with Gasteiger partial charge in [0, 0.05) is 49.6 Å². The molecule has 44 heavy (non-hydrogen) atoms. The maximum absolute atomic E-state index is 14.6. The van der Waals surface area contributed by atoms with E-state index in [4.69, 9.17) is 9.47 Å². The lowest BCUT2D eigenvalue weighted by Crippen LogP contribution is -2.44. The van der Waals surface area contributed by atoms with Crippen molar-refractivity contribution in [2.75, 3.05) is 26.2 Å². The quantitative estimate of drug-likeness (QED) is 0.206. The minimum absolute atomic E-state index is 0.0716. The maximum atomic E-state index is 14.6. The first-order chi connectivity index (χ1) is 20.8.